The van der Waals surface area contributed by atoms with Crippen LogP contribution in [-0.4, -0.2) is 33.6 Å². The summed E-state index contributed by atoms with van der Waals surface area (Å²) in [6.07, 6.45) is 55.6. The van der Waals surface area contributed by atoms with Crippen molar-refractivity contribution in [3.63, 3.8) is 0 Å². The molecule has 0 fully saturated rings. The van der Waals surface area contributed by atoms with Crippen LogP contribution in [0.2, 0.25) is 0 Å². The molecule has 0 aromatic rings. The van der Waals surface area contributed by atoms with Gasteiger partial charge in [0.25, 0.3) is 0 Å². The highest BCUT2D eigenvalue weighted by Gasteiger charge is 1.99. The molecule has 0 spiro atoms. The van der Waals surface area contributed by atoms with Crippen molar-refractivity contribution in [1.29, 1.82) is 0 Å². The summed E-state index contributed by atoms with van der Waals surface area (Å²) in [7, 11) is 0. The van der Waals surface area contributed by atoms with Crippen molar-refractivity contribution in [3.05, 3.63) is 48.6 Å². The Morgan fingerprint density at radius 3 is 1.47 bits per heavy atom. The summed E-state index contributed by atoms with van der Waals surface area (Å²) in [6.45, 7) is 0. The molecule has 272 valence electrons. The summed E-state index contributed by atoms with van der Waals surface area (Å²) in [6, 6.07) is 0. The number of hydrogen-bond donors (Lipinski definition) is 3. The zero-order valence-corrected chi connectivity index (χ0v) is 30.9. The normalized spacial score (nSPS) is 13.2. The number of hydrogen-bond acceptors (Lipinski definition) is 3. The number of allylic oxidation sites excluding steroid dienone is 6. The van der Waals surface area contributed by atoms with E-state index in [1.807, 2.05) is 18.2 Å². The molecule has 0 aromatic carbocycles. The minimum atomic E-state index is -0.850. The van der Waals surface area contributed by atoms with Gasteiger partial charge in [0.1, 0.15) is 6.10 Å². The summed E-state index contributed by atoms with van der Waals surface area (Å²) in [5, 5.41) is 29.4. The molecule has 49 heavy (non-hydrogen) atoms. The maximum atomic E-state index is 10.2. The molecule has 0 radical (unpaired) electrons. The minimum absolute atomic E-state index is 0.294. The number of terminal acetylenes is 2. The van der Waals surface area contributed by atoms with Crippen LogP contribution in [0, 0.1) is 48.4 Å². The lowest BCUT2D eigenvalue weighted by molar-refractivity contribution is 0.207. The van der Waals surface area contributed by atoms with Crippen molar-refractivity contribution in [1.82, 2.24) is 0 Å². The van der Waals surface area contributed by atoms with Gasteiger partial charge in [0, 0.05) is 12.8 Å². The summed E-state index contributed by atoms with van der Waals surface area (Å²) in [5.41, 5.74) is 0. The van der Waals surface area contributed by atoms with Crippen LogP contribution in [0.4, 0.5) is 0 Å². The van der Waals surface area contributed by atoms with Gasteiger partial charge in [-0.2, -0.15) is 0 Å². The van der Waals surface area contributed by atoms with Crippen LogP contribution in [0.3, 0.4) is 0 Å². The van der Waals surface area contributed by atoms with Crippen molar-refractivity contribution in [2.45, 2.75) is 192 Å². The van der Waals surface area contributed by atoms with Gasteiger partial charge in [0.2, 0.25) is 0 Å². The third-order valence-electron chi connectivity index (χ3n) is 8.41. The highest BCUT2D eigenvalue weighted by Crippen LogP contribution is 2.14. The number of unbranched alkanes of at least 4 members (excludes halogenated alkanes) is 22. The fourth-order valence-corrected chi connectivity index (χ4v) is 5.43. The van der Waals surface area contributed by atoms with E-state index in [0.717, 1.165) is 103 Å². The van der Waals surface area contributed by atoms with Gasteiger partial charge in [-0.15, -0.1) is 12.8 Å². The van der Waals surface area contributed by atoms with Crippen molar-refractivity contribution < 1.29 is 15.3 Å². The molecule has 0 aliphatic rings. The predicted octanol–water partition coefficient (Wildman–Crippen LogP) is 11.1. The SMILES string of the molecule is C#CC=CCCCCCCCCCCCCCCC(O)/C=C/CCCC=CCCCCC#C[C@H](O)C#CCCCCCC/C=C/[C@@H](O)C#C. The first-order valence-electron chi connectivity index (χ1n) is 19.7. The average molecular weight is 671 g/mol. The molecule has 0 bridgehead atoms. The maximum Gasteiger partial charge on any atom is 0.176 e. The second-order valence-corrected chi connectivity index (χ2v) is 13.1. The lowest BCUT2D eigenvalue weighted by Crippen LogP contribution is -2.01. The third kappa shape index (κ3) is 39.4. The van der Waals surface area contributed by atoms with Gasteiger partial charge >= 0.3 is 0 Å². The summed E-state index contributed by atoms with van der Waals surface area (Å²) >= 11 is 0. The van der Waals surface area contributed by atoms with Crippen LogP contribution in [0.1, 0.15) is 173 Å². The Hall–Kier alpha value is -2.92. The first-order chi connectivity index (χ1) is 24.1. The van der Waals surface area contributed by atoms with Gasteiger partial charge in [-0.25, -0.2) is 0 Å². The van der Waals surface area contributed by atoms with Crippen LogP contribution in [0.25, 0.3) is 0 Å². The van der Waals surface area contributed by atoms with Crippen LogP contribution in [0.15, 0.2) is 48.6 Å². The highest BCUT2D eigenvalue weighted by molar-refractivity contribution is 5.19. The Labute approximate surface area is 303 Å². The van der Waals surface area contributed by atoms with Crippen LogP contribution < -0.4 is 0 Å². The topological polar surface area (TPSA) is 60.7 Å². The Morgan fingerprint density at radius 1 is 0.449 bits per heavy atom. The molecule has 0 heterocycles. The standard InChI is InChI=1S/C46H70O3/c1-3-5-6-7-8-9-10-11-12-13-14-16-19-25-30-35-40-45(48)41-36-31-26-20-17-15-18-21-27-32-37-42-46(49)43-38-33-28-23-22-24-29-34-39-44(47)4-2/h1-2,5-6,15,17,34,36,39,41,44-49H,7-14,16,18-33,35,40H2/b6-5?,17-15?,39-34+,41-36+/t44-,45?,46-/m0/s1. The average Bonchev–Trinajstić information content (AvgIpc) is 3.10. The molecular weight excluding hydrogens is 601 g/mol. The largest absolute Gasteiger partial charge is 0.389 e. The Morgan fingerprint density at radius 2 is 0.878 bits per heavy atom. The zero-order valence-electron chi connectivity index (χ0n) is 30.9. The molecule has 0 saturated heterocycles. The predicted molar refractivity (Wildman–Crippen MR) is 212 cm³/mol. The van der Waals surface area contributed by atoms with Crippen LogP contribution in [0.5, 0.6) is 0 Å². The summed E-state index contributed by atoms with van der Waals surface area (Å²) < 4.78 is 0. The van der Waals surface area contributed by atoms with Crippen LogP contribution in [-0.2, 0) is 0 Å². The van der Waals surface area contributed by atoms with Crippen molar-refractivity contribution in [3.8, 4) is 48.4 Å². The van der Waals surface area contributed by atoms with Crippen molar-refractivity contribution >= 4 is 0 Å². The van der Waals surface area contributed by atoms with E-state index in [1.165, 1.54) is 70.6 Å². The quantitative estimate of drug-likeness (QED) is 0.0391. The lowest BCUT2D eigenvalue weighted by Gasteiger charge is -2.06. The maximum absolute atomic E-state index is 10.2. The molecule has 0 amide bonds. The zero-order chi connectivity index (χ0) is 35.7. The highest BCUT2D eigenvalue weighted by atomic mass is 16.3. The molecule has 1 unspecified atom stereocenters. The van der Waals surface area contributed by atoms with E-state index in [9.17, 15) is 15.3 Å². The van der Waals surface area contributed by atoms with Crippen molar-refractivity contribution in [2.24, 2.45) is 0 Å². The third-order valence-corrected chi connectivity index (χ3v) is 8.41. The Kier molecular flexibility index (Phi) is 37.2. The molecule has 0 rings (SSSR count). The lowest BCUT2D eigenvalue weighted by atomic mass is 10.0. The molecule has 0 aliphatic heterocycles. The first-order valence-corrected chi connectivity index (χ1v) is 19.7. The first kappa shape index (κ1) is 46.1. The number of aliphatic hydroxyl groups excluding tert-OH is 3. The van der Waals surface area contributed by atoms with Gasteiger partial charge in [-0.3, -0.25) is 0 Å². The number of aliphatic hydroxyl groups is 3. The summed E-state index contributed by atoms with van der Waals surface area (Å²) in [4.78, 5) is 0. The smallest absolute Gasteiger partial charge is 0.176 e. The van der Waals surface area contributed by atoms with Crippen LogP contribution >= 0.6 is 0 Å². The molecule has 0 saturated carbocycles. The van der Waals surface area contributed by atoms with E-state index in [0.29, 0.717) is 0 Å². The van der Waals surface area contributed by atoms with E-state index in [4.69, 9.17) is 12.8 Å². The van der Waals surface area contributed by atoms with E-state index < -0.39 is 12.2 Å². The summed E-state index contributed by atoms with van der Waals surface area (Å²) in [5.74, 6) is 16.6. The Bertz CT molecular complexity index is 1060. The molecule has 3 N–H and O–H groups in total. The fraction of sp³-hybridized carbons (Fsp3) is 0.652. The van der Waals surface area contributed by atoms with E-state index in [-0.39, 0.29) is 6.10 Å². The molecule has 0 aliphatic carbocycles. The molecular formula is C46H70O3. The van der Waals surface area contributed by atoms with Gasteiger partial charge in [0.05, 0.1) is 6.10 Å². The second-order valence-electron chi connectivity index (χ2n) is 13.1. The Balaban J connectivity index is 3.51. The van der Waals surface area contributed by atoms with Gasteiger partial charge in [-0.05, 0) is 89.2 Å². The second kappa shape index (κ2) is 39.5. The van der Waals surface area contributed by atoms with E-state index in [2.05, 4.69) is 59.8 Å². The minimum Gasteiger partial charge on any atom is -0.389 e. The fourth-order valence-electron chi connectivity index (χ4n) is 5.43. The van der Waals surface area contributed by atoms with E-state index >= 15 is 0 Å². The number of rotatable bonds is 31. The molecule has 3 heteroatoms. The van der Waals surface area contributed by atoms with Gasteiger partial charge in [0.15, 0.2) is 6.10 Å². The molecule has 0 aromatic heterocycles. The van der Waals surface area contributed by atoms with Gasteiger partial charge < -0.3 is 15.3 Å². The monoisotopic (exact) mass is 671 g/mol. The molecule has 3 atom stereocenters. The van der Waals surface area contributed by atoms with E-state index in [1.54, 1.807) is 6.08 Å². The van der Waals surface area contributed by atoms with Gasteiger partial charge in [-0.1, -0.05) is 155 Å². The molecule has 3 nitrogen and oxygen atoms in total. The van der Waals surface area contributed by atoms with Crippen molar-refractivity contribution in [2.75, 3.05) is 0 Å².